The van der Waals surface area contributed by atoms with Crippen molar-refractivity contribution < 1.29 is 13.2 Å². The number of aromatic nitrogens is 1. The van der Waals surface area contributed by atoms with Crippen LogP contribution in [0.25, 0.3) is 6.08 Å². The lowest BCUT2D eigenvalue weighted by molar-refractivity contribution is 0.104. The Labute approximate surface area is 141 Å². The Bertz CT molecular complexity index is 838. The van der Waals surface area contributed by atoms with Crippen molar-refractivity contribution in [3.8, 4) is 0 Å². The van der Waals surface area contributed by atoms with Crippen LogP contribution in [0.15, 0.2) is 59.8 Å². The number of hydrogen-bond acceptors (Lipinski definition) is 4. The van der Waals surface area contributed by atoms with Gasteiger partial charge in [-0.15, -0.1) is 0 Å². The normalized spacial score (nSPS) is 15.8. The van der Waals surface area contributed by atoms with Crippen LogP contribution in [-0.4, -0.2) is 36.6 Å². The molecule has 0 spiro atoms. The Morgan fingerprint density at radius 2 is 1.79 bits per heavy atom. The largest absolute Gasteiger partial charge is 0.289 e. The Hall–Kier alpha value is -2.31. The van der Waals surface area contributed by atoms with Crippen molar-refractivity contribution in [3.05, 3.63) is 66.0 Å². The van der Waals surface area contributed by atoms with Gasteiger partial charge in [0.25, 0.3) is 0 Å². The summed E-state index contributed by atoms with van der Waals surface area (Å²) in [5.74, 6) is -0.177. The van der Waals surface area contributed by atoms with Crippen LogP contribution in [0, 0.1) is 0 Å². The van der Waals surface area contributed by atoms with E-state index < -0.39 is 10.0 Å². The van der Waals surface area contributed by atoms with Crippen molar-refractivity contribution in [1.82, 2.24) is 9.29 Å². The van der Waals surface area contributed by atoms with Crippen LogP contribution in [0.5, 0.6) is 0 Å². The first-order valence-corrected chi connectivity index (χ1v) is 9.24. The lowest BCUT2D eigenvalue weighted by Gasteiger charge is -2.15. The summed E-state index contributed by atoms with van der Waals surface area (Å²) in [6.07, 6.45) is 8.27. The number of nitrogens with zero attached hydrogens (tertiary/aromatic N) is 2. The molecule has 2 heterocycles. The first-order chi connectivity index (χ1) is 11.6. The Kier molecular flexibility index (Phi) is 4.87. The van der Waals surface area contributed by atoms with Gasteiger partial charge in [-0.05, 0) is 60.9 Å². The molecule has 0 amide bonds. The summed E-state index contributed by atoms with van der Waals surface area (Å²) in [6.45, 7) is 1.13. The van der Waals surface area contributed by atoms with Gasteiger partial charge >= 0.3 is 0 Å². The van der Waals surface area contributed by atoms with E-state index in [1.54, 1.807) is 36.7 Å². The number of rotatable bonds is 5. The van der Waals surface area contributed by atoms with Crippen molar-refractivity contribution in [2.24, 2.45) is 0 Å². The minimum Gasteiger partial charge on any atom is -0.289 e. The molecular weight excluding hydrogens is 324 g/mol. The molecule has 0 bridgehead atoms. The molecule has 1 aliphatic heterocycles. The topological polar surface area (TPSA) is 67.3 Å². The van der Waals surface area contributed by atoms with E-state index in [1.807, 2.05) is 6.07 Å². The van der Waals surface area contributed by atoms with Crippen molar-refractivity contribution >= 4 is 21.9 Å². The molecule has 1 fully saturated rings. The summed E-state index contributed by atoms with van der Waals surface area (Å²) >= 11 is 0. The monoisotopic (exact) mass is 342 g/mol. The van der Waals surface area contributed by atoms with Crippen LogP contribution in [-0.2, 0) is 10.0 Å². The fraction of sp³-hybridized carbons (Fsp3) is 0.222. The molecule has 1 aliphatic rings. The molecule has 6 heteroatoms. The fourth-order valence-corrected chi connectivity index (χ4v) is 4.13. The maximum absolute atomic E-state index is 12.4. The molecule has 0 unspecified atom stereocenters. The van der Waals surface area contributed by atoms with E-state index in [-0.39, 0.29) is 10.7 Å². The third-order valence-electron chi connectivity index (χ3n) is 3.95. The molecule has 1 saturated heterocycles. The number of allylic oxidation sites excluding steroid dienone is 1. The Balaban J connectivity index is 1.74. The zero-order valence-corrected chi connectivity index (χ0v) is 13.9. The van der Waals surface area contributed by atoms with Gasteiger partial charge in [-0.3, -0.25) is 9.78 Å². The molecule has 3 rings (SSSR count). The molecule has 2 aromatic rings. The number of ketones is 1. The highest BCUT2D eigenvalue weighted by atomic mass is 32.2. The predicted molar refractivity (Wildman–Crippen MR) is 92.0 cm³/mol. The average molecular weight is 342 g/mol. The van der Waals surface area contributed by atoms with Gasteiger partial charge in [0.15, 0.2) is 5.78 Å². The molecular formula is C18H18N2O3S. The Morgan fingerprint density at radius 1 is 1.08 bits per heavy atom. The molecule has 0 saturated carbocycles. The van der Waals surface area contributed by atoms with E-state index in [0.717, 1.165) is 18.4 Å². The number of benzene rings is 1. The quantitative estimate of drug-likeness (QED) is 0.619. The lowest BCUT2D eigenvalue weighted by Crippen LogP contribution is -2.27. The summed E-state index contributed by atoms with van der Waals surface area (Å²) in [6, 6.07) is 9.75. The number of pyridine rings is 1. The SMILES string of the molecule is O=C(C=Cc1cccnc1)c1ccc(S(=O)(=O)N2CCCC2)cc1. The molecule has 0 radical (unpaired) electrons. The van der Waals surface area contributed by atoms with Gasteiger partial charge < -0.3 is 0 Å². The fourth-order valence-electron chi connectivity index (χ4n) is 2.61. The molecule has 1 aromatic carbocycles. The third-order valence-corrected chi connectivity index (χ3v) is 5.87. The molecule has 0 aliphatic carbocycles. The molecule has 0 N–H and O–H groups in total. The molecule has 124 valence electrons. The van der Waals surface area contributed by atoms with E-state index in [9.17, 15) is 13.2 Å². The van der Waals surface area contributed by atoms with Crippen LogP contribution in [0.2, 0.25) is 0 Å². The predicted octanol–water partition coefficient (Wildman–Crippen LogP) is 2.76. The number of sulfonamides is 1. The summed E-state index contributed by atoms with van der Waals surface area (Å²) < 4.78 is 26.4. The van der Waals surface area contributed by atoms with E-state index in [2.05, 4.69) is 4.98 Å². The lowest BCUT2D eigenvalue weighted by atomic mass is 10.1. The second-order valence-corrected chi connectivity index (χ2v) is 7.56. The molecule has 24 heavy (non-hydrogen) atoms. The summed E-state index contributed by atoms with van der Waals surface area (Å²) in [4.78, 5) is 16.4. The summed E-state index contributed by atoms with van der Waals surface area (Å²) in [5, 5.41) is 0. The molecule has 1 aromatic heterocycles. The summed E-state index contributed by atoms with van der Waals surface area (Å²) in [7, 11) is -3.44. The number of carbonyl (C=O) groups excluding carboxylic acids is 1. The van der Waals surface area contributed by atoms with Crippen molar-refractivity contribution in [2.75, 3.05) is 13.1 Å². The average Bonchev–Trinajstić information content (AvgIpc) is 3.16. The van der Waals surface area contributed by atoms with Gasteiger partial charge in [0.05, 0.1) is 4.90 Å². The van der Waals surface area contributed by atoms with Crippen LogP contribution in [0.3, 0.4) is 0 Å². The molecule has 0 atom stereocenters. The standard InChI is InChI=1S/C18H18N2O3S/c21-18(10-5-15-4-3-11-19-14-15)16-6-8-17(9-7-16)24(22,23)20-12-1-2-13-20/h3-11,14H,1-2,12-13H2. The van der Waals surface area contributed by atoms with E-state index >= 15 is 0 Å². The van der Waals surface area contributed by atoms with Gasteiger partial charge in [0.1, 0.15) is 0 Å². The van der Waals surface area contributed by atoms with Crippen LogP contribution >= 0.6 is 0 Å². The van der Waals surface area contributed by atoms with Gasteiger partial charge in [-0.1, -0.05) is 6.07 Å². The van der Waals surface area contributed by atoms with Crippen LogP contribution < -0.4 is 0 Å². The summed E-state index contributed by atoms with van der Waals surface area (Å²) in [5.41, 5.74) is 1.29. The molecule has 5 nitrogen and oxygen atoms in total. The Morgan fingerprint density at radius 3 is 2.42 bits per heavy atom. The second-order valence-electron chi connectivity index (χ2n) is 5.62. The number of hydrogen-bond donors (Lipinski definition) is 0. The minimum absolute atomic E-state index is 0.177. The third kappa shape index (κ3) is 3.60. The highest BCUT2D eigenvalue weighted by molar-refractivity contribution is 7.89. The van der Waals surface area contributed by atoms with Crippen molar-refractivity contribution in [2.45, 2.75) is 17.7 Å². The van der Waals surface area contributed by atoms with Crippen molar-refractivity contribution in [3.63, 3.8) is 0 Å². The number of carbonyl (C=O) groups is 1. The zero-order chi connectivity index (χ0) is 17.0. The van der Waals surface area contributed by atoms with E-state index in [4.69, 9.17) is 0 Å². The van der Waals surface area contributed by atoms with Gasteiger partial charge in [-0.2, -0.15) is 4.31 Å². The van der Waals surface area contributed by atoms with Gasteiger partial charge in [0, 0.05) is 31.0 Å². The minimum atomic E-state index is -3.44. The highest BCUT2D eigenvalue weighted by Gasteiger charge is 2.26. The van der Waals surface area contributed by atoms with Crippen LogP contribution in [0.1, 0.15) is 28.8 Å². The first kappa shape index (κ1) is 16.5. The maximum atomic E-state index is 12.4. The van der Waals surface area contributed by atoms with Gasteiger partial charge in [0.2, 0.25) is 10.0 Å². The van der Waals surface area contributed by atoms with Crippen molar-refractivity contribution in [1.29, 1.82) is 0 Å². The van der Waals surface area contributed by atoms with Gasteiger partial charge in [-0.25, -0.2) is 8.42 Å². The van der Waals surface area contributed by atoms with Crippen LogP contribution in [0.4, 0.5) is 0 Å². The maximum Gasteiger partial charge on any atom is 0.243 e. The zero-order valence-electron chi connectivity index (χ0n) is 13.1. The van der Waals surface area contributed by atoms with E-state index in [1.165, 1.54) is 22.5 Å². The van der Waals surface area contributed by atoms with E-state index in [0.29, 0.717) is 18.7 Å². The first-order valence-electron chi connectivity index (χ1n) is 7.80. The smallest absolute Gasteiger partial charge is 0.243 e. The highest BCUT2D eigenvalue weighted by Crippen LogP contribution is 2.21. The second kappa shape index (κ2) is 7.07.